The zero-order valence-corrected chi connectivity index (χ0v) is 9.78. The van der Waals surface area contributed by atoms with Gasteiger partial charge in [0.05, 0.1) is 12.1 Å². The third kappa shape index (κ3) is 3.75. The number of amides is 1. The lowest BCUT2D eigenvalue weighted by molar-refractivity contribution is -0.118. The molecule has 6 nitrogen and oxygen atoms in total. The number of hydrogen-bond donors (Lipinski definition) is 3. The predicted octanol–water partition coefficient (Wildman–Crippen LogP) is 0.500. The highest BCUT2D eigenvalue weighted by Crippen LogP contribution is 2.11. The van der Waals surface area contributed by atoms with E-state index in [9.17, 15) is 9.59 Å². The molecule has 0 radical (unpaired) electrons. The first-order chi connectivity index (χ1) is 8.06. The lowest BCUT2D eigenvalue weighted by Crippen LogP contribution is -2.26. The summed E-state index contributed by atoms with van der Waals surface area (Å²) in [5.74, 6) is -0.805. The second-order valence-electron chi connectivity index (χ2n) is 3.42. The number of carboxylic acid groups (broad SMARTS) is 1. The summed E-state index contributed by atoms with van der Waals surface area (Å²) >= 11 is 0. The number of aromatic nitrogens is 1. The zero-order chi connectivity index (χ0) is 12.8. The molecule has 1 rings (SSSR count). The van der Waals surface area contributed by atoms with Gasteiger partial charge < -0.3 is 15.7 Å². The average Bonchev–Trinajstić information content (AvgIpc) is 2.35. The van der Waals surface area contributed by atoms with Crippen LogP contribution in [0.2, 0.25) is 0 Å². The van der Waals surface area contributed by atoms with E-state index in [0.29, 0.717) is 17.9 Å². The third-order valence-electron chi connectivity index (χ3n) is 2.20. The van der Waals surface area contributed by atoms with Crippen LogP contribution in [-0.4, -0.2) is 35.6 Å². The predicted molar refractivity (Wildman–Crippen MR) is 63.1 cm³/mol. The van der Waals surface area contributed by atoms with E-state index >= 15 is 0 Å². The number of hydrogen-bond acceptors (Lipinski definition) is 4. The first-order valence-corrected chi connectivity index (χ1v) is 5.25. The first-order valence-electron chi connectivity index (χ1n) is 5.25. The van der Waals surface area contributed by atoms with Crippen LogP contribution in [0, 0.1) is 0 Å². The number of carbonyl (C=O) groups is 2. The van der Waals surface area contributed by atoms with Crippen LogP contribution in [-0.2, 0) is 11.2 Å². The van der Waals surface area contributed by atoms with Gasteiger partial charge >= 0.3 is 5.97 Å². The van der Waals surface area contributed by atoms with E-state index in [1.165, 1.54) is 19.2 Å². The number of nitrogens with zero attached hydrogens (tertiary/aromatic N) is 1. The Hall–Kier alpha value is -2.11. The smallest absolute Gasteiger partial charge is 0.335 e. The Morgan fingerprint density at radius 3 is 2.65 bits per heavy atom. The summed E-state index contributed by atoms with van der Waals surface area (Å²) in [4.78, 5) is 26.1. The third-order valence-corrected chi connectivity index (χ3v) is 2.20. The number of rotatable bonds is 5. The largest absolute Gasteiger partial charge is 0.478 e. The molecular weight excluding hydrogens is 222 g/mol. The van der Waals surface area contributed by atoms with E-state index in [2.05, 4.69) is 15.6 Å². The second-order valence-corrected chi connectivity index (χ2v) is 3.42. The topological polar surface area (TPSA) is 91.3 Å². The van der Waals surface area contributed by atoms with Crippen molar-refractivity contribution in [2.75, 3.05) is 18.9 Å². The summed E-state index contributed by atoms with van der Waals surface area (Å²) in [6.45, 7) is 1.95. The molecule has 1 aromatic rings. The van der Waals surface area contributed by atoms with Gasteiger partial charge in [-0.3, -0.25) is 4.79 Å². The van der Waals surface area contributed by atoms with Crippen LogP contribution >= 0.6 is 0 Å². The maximum atomic E-state index is 11.0. The molecule has 0 fully saturated rings. The molecule has 0 aromatic carbocycles. The van der Waals surface area contributed by atoms with Crippen molar-refractivity contribution in [3.63, 3.8) is 0 Å². The minimum Gasteiger partial charge on any atom is -0.478 e. The number of pyridine rings is 1. The van der Waals surface area contributed by atoms with Gasteiger partial charge in [-0.15, -0.1) is 0 Å². The van der Waals surface area contributed by atoms with Gasteiger partial charge in [-0.2, -0.15) is 0 Å². The van der Waals surface area contributed by atoms with E-state index in [4.69, 9.17) is 5.11 Å². The van der Waals surface area contributed by atoms with Gasteiger partial charge in [-0.05, 0) is 18.6 Å². The monoisotopic (exact) mass is 237 g/mol. The highest BCUT2D eigenvalue weighted by atomic mass is 16.4. The van der Waals surface area contributed by atoms with Crippen LogP contribution in [0.1, 0.15) is 23.0 Å². The number of nitrogens with one attached hydrogen (secondary N) is 2. The Bertz CT molecular complexity index is 432. The molecule has 17 heavy (non-hydrogen) atoms. The van der Waals surface area contributed by atoms with Gasteiger partial charge in [-0.25, -0.2) is 9.78 Å². The molecule has 0 saturated heterocycles. The molecule has 0 bridgehead atoms. The van der Waals surface area contributed by atoms with Gasteiger partial charge in [0.15, 0.2) is 0 Å². The number of carboxylic acids is 1. The summed E-state index contributed by atoms with van der Waals surface area (Å²) < 4.78 is 0. The molecule has 1 heterocycles. The van der Waals surface area contributed by atoms with Gasteiger partial charge in [0.25, 0.3) is 0 Å². The summed E-state index contributed by atoms with van der Waals surface area (Å²) in [7, 11) is 1.53. The fourth-order valence-corrected chi connectivity index (χ4v) is 1.24. The van der Waals surface area contributed by atoms with Gasteiger partial charge in [0.2, 0.25) is 5.91 Å². The first kappa shape index (κ1) is 13.0. The minimum absolute atomic E-state index is 0.0652. The molecule has 0 unspecified atom stereocenters. The molecular formula is C11H15N3O3. The van der Waals surface area contributed by atoms with Crippen molar-refractivity contribution < 1.29 is 14.7 Å². The SMILES string of the molecule is CCc1cc(C(=O)O)cc(NCC(=O)NC)n1. The van der Waals surface area contributed by atoms with Crippen LogP contribution < -0.4 is 10.6 Å². The van der Waals surface area contributed by atoms with Crippen LogP contribution in [0.15, 0.2) is 12.1 Å². The molecule has 0 aliphatic rings. The van der Waals surface area contributed by atoms with Gasteiger partial charge in [-0.1, -0.05) is 6.92 Å². The van der Waals surface area contributed by atoms with Crippen molar-refractivity contribution in [3.05, 3.63) is 23.4 Å². The van der Waals surface area contributed by atoms with E-state index in [1.54, 1.807) is 0 Å². The summed E-state index contributed by atoms with van der Waals surface area (Å²) in [6.07, 6.45) is 0.635. The Balaban J connectivity index is 2.87. The highest BCUT2D eigenvalue weighted by Gasteiger charge is 2.08. The van der Waals surface area contributed by atoms with Crippen molar-refractivity contribution in [1.82, 2.24) is 10.3 Å². The van der Waals surface area contributed by atoms with Crippen LogP contribution in [0.3, 0.4) is 0 Å². The van der Waals surface area contributed by atoms with E-state index in [-0.39, 0.29) is 18.0 Å². The van der Waals surface area contributed by atoms with Crippen molar-refractivity contribution in [2.45, 2.75) is 13.3 Å². The fourth-order valence-electron chi connectivity index (χ4n) is 1.24. The average molecular weight is 237 g/mol. The van der Waals surface area contributed by atoms with Gasteiger partial charge in [0.1, 0.15) is 5.82 Å². The molecule has 3 N–H and O–H groups in total. The molecule has 1 aromatic heterocycles. The summed E-state index contributed by atoms with van der Waals surface area (Å²) in [6, 6.07) is 2.93. The number of likely N-dealkylation sites (N-methyl/N-ethyl adjacent to an activating group) is 1. The summed E-state index contributed by atoms with van der Waals surface area (Å²) in [5, 5.41) is 14.2. The fraction of sp³-hybridized carbons (Fsp3) is 0.364. The maximum Gasteiger partial charge on any atom is 0.335 e. The van der Waals surface area contributed by atoms with Crippen LogP contribution in [0.5, 0.6) is 0 Å². The Kier molecular flexibility index (Phi) is 4.45. The number of aryl methyl sites for hydroxylation is 1. The number of carbonyl (C=O) groups excluding carboxylic acids is 1. The molecule has 0 atom stereocenters. The quantitative estimate of drug-likeness (QED) is 0.693. The van der Waals surface area contributed by atoms with Crippen molar-refractivity contribution >= 4 is 17.7 Å². The normalized spacial score (nSPS) is 9.76. The molecule has 0 aliphatic heterocycles. The molecule has 92 valence electrons. The molecule has 0 saturated carbocycles. The van der Waals surface area contributed by atoms with E-state index in [1.807, 2.05) is 6.92 Å². The van der Waals surface area contributed by atoms with Crippen molar-refractivity contribution in [1.29, 1.82) is 0 Å². The molecule has 6 heteroatoms. The number of anilines is 1. The van der Waals surface area contributed by atoms with Crippen LogP contribution in [0.4, 0.5) is 5.82 Å². The minimum atomic E-state index is -1.01. The van der Waals surface area contributed by atoms with Crippen molar-refractivity contribution in [3.8, 4) is 0 Å². The Morgan fingerprint density at radius 1 is 1.41 bits per heavy atom. The molecule has 0 spiro atoms. The molecule has 1 amide bonds. The summed E-state index contributed by atoms with van der Waals surface area (Å²) in [5.41, 5.74) is 0.834. The van der Waals surface area contributed by atoms with Crippen LogP contribution in [0.25, 0.3) is 0 Å². The Morgan fingerprint density at radius 2 is 2.12 bits per heavy atom. The van der Waals surface area contributed by atoms with E-state index < -0.39 is 5.97 Å². The molecule has 0 aliphatic carbocycles. The van der Waals surface area contributed by atoms with E-state index in [0.717, 1.165) is 0 Å². The lowest BCUT2D eigenvalue weighted by atomic mass is 10.2. The standard InChI is InChI=1S/C11H15N3O3/c1-3-8-4-7(11(16)17)5-9(14-8)13-6-10(15)12-2/h4-5H,3,6H2,1-2H3,(H,12,15)(H,13,14)(H,16,17). The highest BCUT2D eigenvalue weighted by molar-refractivity contribution is 5.89. The number of aromatic carboxylic acids is 1. The zero-order valence-electron chi connectivity index (χ0n) is 9.78. The Labute approximate surface area is 99.1 Å². The maximum absolute atomic E-state index is 11.0. The second kappa shape index (κ2) is 5.83. The van der Waals surface area contributed by atoms with Gasteiger partial charge in [0, 0.05) is 12.7 Å². The van der Waals surface area contributed by atoms with Crippen molar-refractivity contribution in [2.24, 2.45) is 0 Å². The lowest BCUT2D eigenvalue weighted by Gasteiger charge is -2.07.